The number of hydrogen-bond donors (Lipinski definition) is 1. The van der Waals surface area contributed by atoms with E-state index in [2.05, 4.69) is 39.1 Å². The Labute approximate surface area is 164 Å². The van der Waals surface area contributed by atoms with Crippen LogP contribution in [0.3, 0.4) is 0 Å². The maximum Gasteiger partial charge on any atom is 0.265 e. The van der Waals surface area contributed by atoms with Crippen molar-refractivity contribution in [2.75, 3.05) is 23.3 Å². The monoisotopic (exact) mass is 398 g/mol. The SMILES string of the molecule is CCN(CC)c1nc2sc(C(=O)Nc3ccccc3-n3cncn3)cc2s1. The summed E-state index contributed by atoms with van der Waals surface area (Å²) in [7, 11) is 0. The standard InChI is InChI=1S/C18H18N6OS2/c1-3-23(4-2)18-22-17-15(27-18)9-14(26-17)16(25)21-12-7-5-6-8-13(12)24-11-19-10-20-24/h5-11H,3-4H2,1-2H3,(H,21,25). The van der Waals surface area contributed by atoms with E-state index in [0.29, 0.717) is 10.6 Å². The first-order chi connectivity index (χ1) is 13.2. The third-order valence-corrected chi connectivity index (χ3v) is 6.37. The molecule has 3 heterocycles. The summed E-state index contributed by atoms with van der Waals surface area (Å²) in [5.41, 5.74) is 1.45. The van der Waals surface area contributed by atoms with E-state index in [4.69, 9.17) is 0 Å². The number of hydrogen-bond acceptors (Lipinski definition) is 7. The van der Waals surface area contributed by atoms with E-state index in [0.717, 1.165) is 33.4 Å². The second-order valence-corrected chi connectivity index (χ2v) is 7.80. The molecule has 1 N–H and O–H groups in total. The van der Waals surface area contributed by atoms with Crippen molar-refractivity contribution < 1.29 is 4.79 Å². The molecular formula is C18H18N6OS2. The van der Waals surface area contributed by atoms with E-state index in [9.17, 15) is 4.79 Å². The van der Waals surface area contributed by atoms with Gasteiger partial charge >= 0.3 is 0 Å². The fourth-order valence-electron chi connectivity index (χ4n) is 2.76. The molecule has 3 aromatic heterocycles. The van der Waals surface area contributed by atoms with Gasteiger partial charge in [-0.05, 0) is 32.0 Å². The topological polar surface area (TPSA) is 75.9 Å². The van der Waals surface area contributed by atoms with Crippen LogP contribution in [0.4, 0.5) is 10.8 Å². The lowest BCUT2D eigenvalue weighted by molar-refractivity contribution is 0.103. The summed E-state index contributed by atoms with van der Waals surface area (Å²) >= 11 is 3.04. The van der Waals surface area contributed by atoms with Crippen molar-refractivity contribution >= 4 is 48.9 Å². The molecule has 0 saturated carbocycles. The first-order valence-electron chi connectivity index (χ1n) is 8.60. The lowest BCUT2D eigenvalue weighted by Gasteiger charge is -2.16. The molecule has 1 aromatic carbocycles. The molecule has 7 nitrogen and oxygen atoms in total. The molecule has 9 heteroatoms. The molecule has 4 rings (SSSR count). The molecule has 0 radical (unpaired) electrons. The Kier molecular flexibility index (Phi) is 4.87. The molecule has 0 fully saturated rings. The average Bonchev–Trinajstić information content (AvgIpc) is 3.39. The minimum Gasteiger partial charge on any atom is -0.349 e. The number of nitrogens with zero attached hydrogens (tertiary/aromatic N) is 5. The molecule has 0 spiro atoms. The van der Waals surface area contributed by atoms with Crippen LogP contribution in [0.1, 0.15) is 23.5 Å². The van der Waals surface area contributed by atoms with Gasteiger partial charge in [0.05, 0.1) is 21.0 Å². The van der Waals surface area contributed by atoms with Gasteiger partial charge < -0.3 is 10.2 Å². The van der Waals surface area contributed by atoms with Gasteiger partial charge in [0.1, 0.15) is 17.5 Å². The molecule has 0 atom stereocenters. The Morgan fingerprint density at radius 1 is 1.22 bits per heavy atom. The van der Waals surface area contributed by atoms with Crippen LogP contribution >= 0.6 is 22.7 Å². The number of nitrogens with one attached hydrogen (secondary N) is 1. The summed E-state index contributed by atoms with van der Waals surface area (Å²) in [4.78, 5) is 25.2. The van der Waals surface area contributed by atoms with Gasteiger partial charge in [0.2, 0.25) is 0 Å². The number of rotatable bonds is 6. The normalized spacial score (nSPS) is 11.0. The third-order valence-electron chi connectivity index (χ3n) is 4.15. The minimum atomic E-state index is -0.151. The second-order valence-electron chi connectivity index (χ2n) is 5.76. The van der Waals surface area contributed by atoms with Gasteiger partial charge in [-0.1, -0.05) is 23.5 Å². The first-order valence-corrected chi connectivity index (χ1v) is 10.2. The molecule has 0 bridgehead atoms. The Morgan fingerprint density at radius 3 is 2.74 bits per heavy atom. The van der Waals surface area contributed by atoms with Crippen LogP contribution in [0.5, 0.6) is 0 Å². The van der Waals surface area contributed by atoms with Gasteiger partial charge in [0, 0.05) is 13.1 Å². The van der Waals surface area contributed by atoms with Crippen LogP contribution in [0, 0.1) is 0 Å². The van der Waals surface area contributed by atoms with Crippen molar-refractivity contribution in [2.45, 2.75) is 13.8 Å². The van der Waals surface area contributed by atoms with Crippen LogP contribution in [0.15, 0.2) is 43.0 Å². The molecule has 0 saturated heterocycles. The van der Waals surface area contributed by atoms with E-state index in [1.54, 1.807) is 22.3 Å². The van der Waals surface area contributed by atoms with E-state index >= 15 is 0 Å². The number of amides is 1. The third kappa shape index (κ3) is 3.43. The number of fused-ring (bicyclic) bond motifs is 1. The first kappa shape index (κ1) is 17.6. The summed E-state index contributed by atoms with van der Waals surface area (Å²) in [6.07, 6.45) is 3.07. The largest absolute Gasteiger partial charge is 0.349 e. The molecule has 138 valence electrons. The summed E-state index contributed by atoms with van der Waals surface area (Å²) < 4.78 is 2.66. The highest BCUT2D eigenvalue weighted by atomic mass is 32.1. The second kappa shape index (κ2) is 7.45. The Balaban J connectivity index is 1.58. The molecule has 0 aliphatic heterocycles. The summed E-state index contributed by atoms with van der Waals surface area (Å²) in [6.45, 7) is 6.07. The van der Waals surface area contributed by atoms with Crippen molar-refractivity contribution in [2.24, 2.45) is 0 Å². The van der Waals surface area contributed by atoms with E-state index in [-0.39, 0.29) is 5.91 Å². The van der Waals surface area contributed by atoms with Crippen LogP contribution in [0.25, 0.3) is 15.2 Å². The van der Waals surface area contributed by atoms with Crippen LogP contribution in [-0.2, 0) is 0 Å². The number of carbonyl (C=O) groups excluding carboxylic acids is 1. The van der Waals surface area contributed by atoms with Crippen LogP contribution < -0.4 is 10.2 Å². The number of thiophene rings is 1. The molecular weight excluding hydrogens is 380 g/mol. The Hall–Kier alpha value is -2.78. The zero-order chi connectivity index (χ0) is 18.8. The lowest BCUT2D eigenvalue weighted by atomic mass is 10.2. The smallest absolute Gasteiger partial charge is 0.265 e. The zero-order valence-electron chi connectivity index (χ0n) is 14.9. The molecule has 0 unspecified atom stereocenters. The molecule has 4 aromatic rings. The highest BCUT2D eigenvalue weighted by molar-refractivity contribution is 7.29. The highest BCUT2D eigenvalue weighted by Crippen LogP contribution is 2.35. The summed E-state index contributed by atoms with van der Waals surface area (Å²) in [6, 6.07) is 9.42. The Bertz CT molecular complexity index is 1030. The van der Waals surface area contributed by atoms with E-state index < -0.39 is 0 Å². The fraction of sp³-hybridized carbons (Fsp3) is 0.222. The maximum atomic E-state index is 12.8. The quantitative estimate of drug-likeness (QED) is 0.530. The van der Waals surface area contributed by atoms with Gasteiger partial charge in [-0.25, -0.2) is 14.6 Å². The number of aromatic nitrogens is 4. The molecule has 0 aliphatic carbocycles. The lowest BCUT2D eigenvalue weighted by Crippen LogP contribution is -2.21. The highest BCUT2D eigenvalue weighted by Gasteiger charge is 2.17. The number of benzene rings is 1. The summed E-state index contributed by atoms with van der Waals surface area (Å²) in [5.74, 6) is -0.151. The predicted molar refractivity (Wildman–Crippen MR) is 110 cm³/mol. The maximum absolute atomic E-state index is 12.8. The number of carbonyl (C=O) groups is 1. The zero-order valence-corrected chi connectivity index (χ0v) is 16.5. The van der Waals surface area contributed by atoms with Crippen molar-refractivity contribution in [1.82, 2.24) is 19.7 Å². The molecule has 1 amide bonds. The van der Waals surface area contributed by atoms with Gasteiger partial charge in [-0.3, -0.25) is 4.79 Å². The Morgan fingerprint density at radius 2 is 2.04 bits per heavy atom. The van der Waals surface area contributed by atoms with Crippen LogP contribution in [0.2, 0.25) is 0 Å². The van der Waals surface area contributed by atoms with Crippen molar-refractivity contribution in [3.05, 3.63) is 47.9 Å². The van der Waals surface area contributed by atoms with Crippen molar-refractivity contribution in [1.29, 1.82) is 0 Å². The number of para-hydroxylation sites is 2. The van der Waals surface area contributed by atoms with Gasteiger partial charge in [-0.15, -0.1) is 11.3 Å². The fourth-order valence-corrected chi connectivity index (χ4v) is 4.99. The summed E-state index contributed by atoms with van der Waals surface area (Å²) in [5, 5.41) is 8.12. The molecule has 0 aliphatic rings. The van der Waals surface area contributed by atoms with Gasteiger partial charge in [0.25, 0.3) is 5.91 Å². The van der Waals surface area contributed by atoms with E-state index in [1.807, 2.05) is 30.3 Å². The predicted octanol–water partition coefficient (Wildman–Crippen LogP) is 4.04. The van der Waals surface area contributed by atoms with Gasteiger partial charge in [-0.2, -0.15) is 5.10 Å². The van der Waals surface area contributed by atoms with Gasteiger partial charge in [0.15, 0.2) is 5.13 Å². The average molecular weight is 399 g/mol. The van der Waals surface area contributed by atoms with Crippen LogP contribution in [-0.4, -0.2) is 38.7 Å². The van der Waals surface area contributed by atoms with E-state index in [1.165, 1.54) is 17.7 Å². The van der Waals surface area contributed by atoms with Crippen molar-refractivity contribution in [3.63, 3.8) is 0 Å². The number of anilines is 2. The number of thiazole rings is 1. The molecule has 27 heavy (non-hydrogen) atoms. The van der Waals surface area contributed by atoms with Crippen molar-refractivity contribution in [3.8, 4) is 5.69 Å². The minimum absolute atomic E-state index is 0.151.